The van der Waals surface area contributed by atoms with Gasteiger partial charge in [-0.1, -0.05) is 19.9 Å². The van der Waals surface area contributed by atoms with Crippen molar-refractivity contribution in [1.82, 2.24) is 15.2 Å². The van der Waals surface area contributed by atoms with Gasteiger partial charge < -0.3 is 9.64 Å². The van der Waals surface area contributed by atoms with Crippen molar-refractivity contribution in [2.75, 3.05) is 19.7 Å². The summed E-state index contributed by atoms with van der Waals surface area (Å²) in [6, 6.07) is 5.62. The molecule has 1 rings (SSSR count). The van der Waals surface area contributed by atoms with Crippen molar-refractivity contribution in [2.45, 2.75) is 40.5 Å². The highest BCUT2D eigenvalue weighted by atomic mass is 16.5. The highest BCUT2D eigenvalue weighted by Gasteiger charge is 2.14. The summed E-state index contributed by atoms with van der Waals surface area (Å²) in [5, 5.41) is 2.73. The number of rotatable bonds is 6. The van der Waals surface area contributed by atoms with Crippen LogP contribution in [0.1, 0.15) is 39.3 Å². The molecule has 0 saturated heterocycles. The predicted molar refractivity (Wildman–Crippen MR) is 88.4 cm³/mol. The fourth-order valence-corrected chi connectivity index (χ4v) is 2.00. The predicted octanol–water partition coefficient (Wildman–Crippen LogP) is 3.25. The quantitative estimate of drug-likeness (QED) is 0.647. The molecule has 22 heavy (non-hydrogen) atoms. The van der Waals surface area contributed by atoms with Crippen LogP contribution in [-0.2, 0) is 4.74 Å². The molecule has 0 unspecified atom stereocenters. The summed E-state index contributed by atoms with van der Waals surface area (Å²) in [4.78, 5) is 22.7. The molecular weight excluding hydrogens is 280 g/mol. The Bertz CT molecular complexity index is 497. The van der Waals surface area contributed by atoms with E-state index in [1.54, 1.807) is 6.92 Å². The molecule has 1 heterocycles. The highest BCUT2D eigenvalue weighted by molar-refractivity contribution is 5.95. The maximum absolute atomic E-state index is 11.8. The van der Waals surface area contributed by atoms with Crippen LogP contribution in [0.4, 0.5) is 10.6 Å². The van der Waals surface area contributed by atoms with Crippen LogP contribution in [0.15, 0.2) is 23.2 Å². The van der Waals surface area contributed by atoms with Crippen molar-refractivity contribution >= 4 is 17.9 Å². The standard InChI is InChI=1S/C16H26N4O2/c1-5-11-20(12-6-2)15(19-16(21)22-7-3)18-14-10-8-9-13(4)17-14/h8-10H,5-7,11-12H2,1-4H3,(H,17,18,19,21). The number of nitrogens with zero attached hydrogens (tertiary/aromatic N) is 3. The third-order valence-corrected chi connectivity index (χ3v) is 2.87. The number of nitrogens with one attached hydrogen (secondary N) is 1. The van der Waals surface area contributed by atoms with Crippen LogP contribution >= 0.6 is 0 Å². The Morgan fingerprint density at radius 2 is 1.95 bits per heavy atom. The summed E-state index contributed by atoms with van der Waals surface area (Å²) < 4.78 is 4.96. The molecule has 0 atom stereocenters. The summed E-state index contributed by atoms with van der Waals surface area (Å²) in [5.41, 5.74) is 0.884. The lowest BCUT2D eigenvalue weighted by Crippen LogP contribution is -2.45. The first-order valence-electron chi connectivity index (χ1n) is 7.81. The molecule has 1 aromatic heterocycles. The number of aromatic nitrogens is 1. The lowest BCUT2D eigenvalue weighted by molar-refractivity contribution is 0.156. The fraction of sp³-hybridized carbons (Fsp3) is 0.562. The number of amides is 1. The Balaban J connectivity index is 3.04. The number of hydrogen-bond donors (Lipinski definition) is 1. The molecule has 6 heteroatoms. The number of ether oxygens (including phenoxy) is 1. The number of hydrogen-bond acceptors (Lipinski definition) is 4. The number of carbonyl (C=O) groups is 1. The van der Waals surface area contributed by atoms with Gasteiger partial charge in [0, 0.05) is 18.8 Å². The molecule has 1 aromatic rings. The first kappa shape index (κ1) is 17.9. The van der Waals surface area contributed by atoms with Crippen LogP contribution in [0.2, 0.25) is 0 Å². The Labute approximate surface area is 132 Å². The summed E-state index contributed by atoms with van der Waals surface area (Å²) in [7, 11) is 0. The third kappa shape index (κ3) is 6.11. The minimum Gasteiger partial charge on any atom is -0.450 e. The SMILES string of the molecule is CCCN(CCC)/C(=N/c1cccc(C)n1)NC(=O)OCC. The van der Waals surface area contributed by atoms with Crippen LogP contribution in [0, 0.1) is 6.92 Å². The number of alkyl carbamates (subject to hydrolysis) is 1. The van der Waals surface area contributed by atoms with E-state index in [0.29, 0.717) is 18.4 Å². The number of guanidine groups is 1. The number of carbonyl (C=O) groups excluding carboxylic acids is 1. The Morgan fingerprint density at radius 1 is 1.27 bits per heavy atom. The van der Waals surface area contributed by atoms with E-state index < -0.39 is 6.09 Å². The highest BCUT2D eigenvalue weighted by Crippen LogP contribution is 2.10. The second kappa shape index (κ2) is 9.76. The van der Waals surface area contributed by atoms with Gasteiger partial charge in [-0.2, -0.15) is 4.99 Å². The minimum absolute atomic E-state index is 0.323. The molecule has 6 nitrogen and oxygen atoms in total. The first-order valence-corrected chi connectivity index (χ1v) is 7.81. The molecule has 0 spiro atoms. The Kier molecular flexibility index (Phi) is 7.96. The van der Waals surface area contributed by atoms with Gasteiger partial charge >= 0.3 is 6.09 Å². The molecule has 0 aliphatic heterocycles. The van der Waals surface area contributed by atoms with E-state index in [-0.39, 0.29) is 0 Å². The summed E-state index contributed by atoms with van der Waals surface area (Å²) >= 11 is 0. The average Bonchev–Trinajstić information content (AvgIpc) is 2.47. The van der Waals surface area contributed by atoms with E-state index in [4.69, 9.17) is 4.74 Å². The van der Waals surface area contributed by atoms with Crippen LogP contribution in [-0.4, -0.2) is 41.6 Å². The molecule has 122 valence electrons. The lowest BCUT2D eigenvalue weighted by Gasteiger charge is -2.25. The van der Waals surface area contributed by atoms with Gasteiger partial charge in [0.25, 0.3) is 0 Å². The minimum atomic E-state index is -0.494. The summed E-state index contributed by atoms with van der Waals surface area (Å²) in [5.74, 6) is 1.06. The van der Waals surface area contributed by atoms with Gasteiger partial charge in [0.15, 0.2) is 5.82 Å². The van der Waals surface area contributed by atoms with E-state index in [1.165, 1.54) is 0 Å². The molecule has 0 aliphatic rings. The molecule has 0 aliphatic carbocycles. The van der Waals surface area contributed by atoms with Gasteiger partial charge in [0.1, 0.15) is 0 Å². The molecule has 0 saturated carbocycles. The maximum atomic E-state index is 11.8. The monoisotopic (exact) mass is 306 g/mol. The number of aryl methyl sites for hydroxylation is 1. The van der Waals surface area contributed by atoms with Crippen molar-refractivity contribution in [3.05, 3.63) is 23.9 Å². The lowest BCUT2D eigenvalue weighted by atomic mass is 10.3. The zero-order valence-corrected chi connectivity index (χ0v) is 13.9. The second-order valence-electron chi connectivity index (χ2n) is 4.91. The first-order chi connectivity index (χ1) is 10.6. The van der Waals surface area contributed by atoms with Crippen molar-refractivity contribution in [2.24, 2.45) is 4.99 Å². The van der Waals surface area contributed by atoms with Gasteiger partial charge in [0.2, 0.25) is 5.96 Å². The number of pyridine rings is 1. The van der Waals surface area contributed by atoms with Crippen molar-refractivity contribution in [1.29, 1.82) is 0 Å². The van der Waals surface area contributed by atoms with Gasteiger partial charge in [0.05, 0.1) is 6.61 Å². The fourth-order valence-electron chi connectivity index (χ4n) is 2.00. The van der Waals surface area contributed by atoms with E-state index in [2.05, 4.69) is 29.1 Å². The van der Waals surface area contributed by atoms with E-state index in [0.717, 1.165) is 31.6 Å². The smallest absolute Gasteiger partial charge is 0.413 e. The van der Waals surface area contributed by atoms with Gasteiger partial charge in [-0.15, -0.1) is 0 Å². The van der Waals surface area contributed by atoms with Gasteiger partial charge in [-0.25, -0.2) is 9.78 Å². The molecule has 0 radical (unpaired) electrons. The van der Waals surface area contributed by atoms with Crippen molar-refractivity contribution in [3.63, 3.8) is 0 Å². The average molecular weight is 306 g/mol. The van der Waals surface area contributed by atoms with Gasteiger partial charge in [-0.3, -0.25) is 5.32 Å². The normalized spacial score (nSPS) is 11.2. The van der Waals surface area contributed by atoms with Gasteiger partial charge in [-0.05, 0) is 38.8 Å². The third-order valence-electron chi connectivity index (χ3n) is 2.87. The summed E-state index contributed by atoms with van der Waals surface area (Å²) in [6.07, 6.45) is 1.43. The van der Waals surface area contributed by atoms with E-state index >= 15 is 0 Å². The Hall–Kier alpha value is -2.11. The molecule has 0 fully saturated rings. The topological polar surface area (TPSA) is 66.8 Å². The van der Waals surface area contributed by atoms with Crippen molar-refractivity contribution in [3.8, 4) is 0 Å². The Morgan fingerprint density at radius 3 is 2.50 bits per heavy atom. The van der Waals surface area contributed by atoms with Crippen LogP contribution < -0.4 is 5.32 Å². The van der Waals surface area contributed by atoms with Crippen LogP contribution in [0.3, 0.4) is 0 Å². The molecule has 0 bridgehead atoms. The molecular formula is C16H26N4O2. The molecule has 1 N–H and O–H groups in total. The van der Waals surface area contributed by atoms with Crippen molar-refractivity contribution < 1.29 is 9.53 Å². The molecule has 1 amide bonds. The largest absolute Gasteiger partial charge is 0.450 e. The van der Waals surface area contributed by atoms with E-state index in [9.17, 15) is 4.79 Å². The number of aliphatic imine (C=N–C) groups is 1. The maximum Gasteiger partial charge on any atom is 0.413 e. The van der Waals surface area contributed by atoms with Crippen LogP contribution in [0.25, 0.3) is 0 Å². The van der Waals surface area contributed by atoms with Crippen LogP contribution in [0.5, 0.6) is 0 Å². The second-order valence-corrected chi connectivity index (χ2v) is 4.91. The molecule has 0 aromatic carbocycles. The zero-order chi connectivity index (χ0) is 16.4. The zero-order valence-electron chi connectivity index (χ0n) is 13.9. The summed E-state index contributed by atoms with van der Waals surface area (Å²) in [6.45, 7) is 9.81. The van der Waals surface area contributed by atoms with E-state index in [1.807, 2.05) is 30.0 Å².